The van der Waals surface area contributed by atoms with E-state index >= 15 is 0 Å². The normalized spacial score (nSPS) is 18.6. The first-order chi connectivity index (χ1) is 9.43. The number of carbonyl (C=O) groups excluding carboxylic acids is 3. The molecule has 0 aromatic carbocycles. The number of rotatable bonds is 5. The van der Waals surface area contributed by atoms with Gasteiger partial charge in [-0.25, -0.2) is 4.79 Å². The van der Waals surface area contributed by atoms with Crippen molar-refractivity contribution in [1.29, 1.82) is 0 Å². The summed E-state index contributed by atoms with van der Waals surface area (Å²) in [5, 5.41) is 2.60. The number of hydrogen-bond acceptors (Lipinski definition) is 4. The van der Waals surface area contributed by atoms with E-state index in [0.29, 0.717) is 15.8 Å². The second-order valence-corrected chi connectivity index (χ2v) is 8.13. The molecule has 0 spiro atoms. The molecule has 5 nitrogen and oxygen atoms in total. The van der Waals surface area contributed by atoms with Crippen LogP contribution in [0.3, 0.4) is 0 Å². The number of halogens is 2. The Morgan fingerprint density at radius 3 is 2.70 bits per heavy atom. The average Bonchev–Trinajstić information content (AvgIpc) is 2.84. The summed E-state index contributed by atoms with van der Waals surface area (Å²) in [5.74, 6) is -0.588. The van der Waals surface area contributed by atoms with E-state index in [9.17, 15) is 14.4 Å². The van der Waals surface area contributed by atoms with Crippen LogP contribution in [0.4, 0.5) is 4.79 Å². The first-order valence-corrected chi connectivity index (χ1v) is 8.44. The number of hydrogen-bond donors (Lipinski definition) is 1. The van der Waals surface area contributed by atoms with Crippen LogP contribution in [0.5, 0.6) is 0 Å². The lowest BCUT2D eigenvalue weighted by Crippen LogP contribution is -2.36. The molecule has 0 saturated carbocycles. The summed E-state index contributed by atoms with van der Waals surface area (Å²) < 4.78 is 1.50. The Morgan fingerprint density at radius 1 is 1.45 bits per heavy atom. The van der Waals surface area contributed by atoms with E-state index in [1.54, 1.807) is 6.07 Å². The smallest absolute Gasteiger partial charge is 0.325 e. The molecule has 1 aromatic heterocycles. The van der Waals surface area contributed by atoms with Crippen LogP contribution < -0.4 is 5.32 Å². The van der Waals surface area contributed by atoms with Gasteiger partial charge in [0.2, 0.25) is 0 Å². The fraction of sp³-hybridized carbons (Fsp3) is 0.417. The van der Waals surface area contributed by atoms with Gasteiger partial charge in [0, 0.05) is 5.56 Å². The van der Waals surface area contributed by atoms with Crippen molar-refractivity contribution in [2.24, 2.45) is 0 Å². The highest BCUT2D eigenvalue weighted by Crippen LogP contribution is 2.32. The molecule has 1 aromatic rings. The summed E-state index contributed by atoms with van der Waals surface area (Å²) >= 11 is 7.97. The van der Waals surface area contributed by atoms with Crippen molar-refractivity contribution in [2.45, 2.75) is 25.8 Å². The maximum absolute atomic E-state index is 12.2. The standard InChI is InChI=1S/C12H12Br2N2O3S/c1-2-3-7-11(18)16(12(19)15-7)5-8(17)6-4-9(13)20-10(6)14/h4,7H,2-3,5H2,1H3,(H,15,19). The Labute approximate surface area is 137 Å². The first-order valence-electron chi connectivity index (χ1n) is 6.04. The van der Waals surface area contributed by atoms with Gasteiger partial charge in [-0.15, -0.1) is 11.3 Å². The number of nitrogens with one attached hydrogen (secondary N) is 1. The molecule has 1 fully saturated rings. The van der Waals surface area contributed by atoms with Gasteiger partial charge in [-0.3, -0.25) is 14.5 Å². The van der Waals surface area contributed by atoms with Crippen molar-refractivity contribution < 1.29 is 14.4 Å². The molecule has 1 saturated heterocycles. The Morgan fingerprint density at radius 2 is 2.15 bits per heavy atom. The van der Waals surface area contributed by atoms with Crippen LogP contribution in [0.25, 0.3) is 0 Å². The minimum Gasteiger partial charge on any atom is -0.326 e. The molecular formula is C12H12Br2N2O3S. The van der Waals surface area contributed by atoms with Gasteiger partial charge in [-0.05, 0) is 44.3 Å². The molecule has 1 aliphatic heterocycles. The number of Topliss-reactive ketones (excluding diaryl/α,β-unsaturated/α-hetero) is 1. The van der Waals surface area contributed by atoms with Crippen LogP contribution in [0, 0.1) is 0 Å². The largest absolute Gasteiger partial charge is 0.326 e. The van der Waals surface area contributed by atoms with Gasteiger partial charge in [-0.1, -0.05) is 13.3 Å². The number of nitrogens with zero attached hydrogens (tertiary/aromatic N) is 1. The van der Waals surface area contributed by atoms with Crippen molar-refractivity contribution in [1.82, 2.24) is 10.2 Å². The number of urea groups is 1. The fourth-order valence-electron chi connectivity index (χ4n) is 1.97. The second kappa shape index (κ2) is 6.36. The highest BCUT2D eigenvalue weighted by Gasteiger charge is 2.38. The van der Waals surface area contributed by atoms with Crippen LogP contribution in [0.15, 0.2) is 13.6 Å². The minimum atomic E-state index is -0.502. The molecule has 1 unspecified atom stereocenters. The summed E-state index contributed by atoms with van der Waals surface area (Å²) in [7, 11) is 0. The SMILES string of the molecule is CCCC1NC(=O)N(CC(=O)c2cc(Br)sc2Br)C1=O. The van der Waals surface area contributed by atoms with Crippen LogP contribution in [-0.2, 0) is 4.79 Å². The van der Waals surface area contributed by atoms with E-state index in [-0.39, 0.29) is 18.2 Å². The highest BCUT2D eigenvalue weighted by molar-refractivity contribution is 9.12. The molecular weight excluding hydrogens is 412 g/mol. The monoisotopic (exact) mass is 422 g/mol. The van der Waals surface area contributed by atoms with Gasteiger partial charge in [0.15, 0.2) is 5.78 Å². The minimum absolute atomic E-state index is 0.230. The van der Waals surface area contributed by atoms with Crippen molar-refractivity contribution in [3.05, 3.63) is 19.2 Å². The van der Waals surface area contributed by atoms with Gasteiger partial charge in [0.05, 0.1) is 14.1 Å². The van der Waals surface area contributed by atoms with Crippen LogP contribution in [0.1, 0.15) is 30.1 Å². The Bertz CT molecular complexity index is 573. The fourth-order valence-corrected chi connectivity index (χ4v) is 4.83. The highest BCUT2D eigenvalue weighted by atomic mass is 79.9. The summed E-state index contributed by atoms with van der Waals surface area (Å²) in [5.41, 5.74) is 0.474. The zero-order valence-corrected chi connectivity index (χ0v) is 14.6. The molecule has 1 atom stereocenters. The van der Waals surface area contributed by atoms with Crippen LogP contribution in [0.2, 0.25) is 0 Å². The van der Waals surface area contributed by atoms with Crippen molar-refractivity contribution >= 4 is 60.9 Å². The molecule has 2 rings (SSSR count). The lowest BCUT2D eigenvalue weighted by Gasteiger charge is -2.11. The lowest BCUT2D eigenvalue weighted by atomic mass is 10.1. The predicted octanol–water partition coefficient (Wildman–Crippen LogP) is 3.18. The first kappa shape index (κ1) is 15.7. The molecule has 2 heterocycles. The molecule has 108 valence electrons. The third kappa shape index (κ3) is 3.12. The van der Waals surface area contributed by atoms with Crippen molar-refractivity contribution in [3.63, 3.8) is 0 Å². The maximum atomic E-state index is 12.2. The maximum Gasteiger partial charge on any atom is 0.325 e. The second-order valence-electron chi connectivity index (χ2n) is 4.38. The molecule has 8 heteroatoms. The molecule has 20 heavy (non-hydrogen) atoms. The summed E-state index contributed by atoms with van der Waals surface area (Å²) in [6, 6.07) is 0.684. The lowest BCUT2D eigenvalue weighted by molar-refractivity contribution is -0.127. The van der Waals surface area contributed by atoms with E-state index in [0.717, 1.165) is 15.1 Å². The molecule has 1 N–H and O–H groups in total. The third-order valence-electron chi connectivity index (χ3n) is 2.94. The number of imide groups is 1. The zero-order chi connectivity index (χ0) is 14.9. The van der Waals surface area contributed by atoms with Crippen LogP contribution in [-0.4, -0.2) is 35.2 Å². The van der Waals surface area contributed by atoms with Gasteiger partial charge < -0.3 is 5.32 Å². The van der Waals surface area contributed by atoms with E-state index in [2.05, 4.69) is 37.2 Å². The van der Waals surface area contributed by atoms with Crippen molar-refractivity contribution in [3.8, 4) is 0 Å². The Balaban J connectivity index is 2.10. The molecule has 3 amide bonds. The van der Waals surface area contributed by atoms with Gasteiger partial charge >= 0.3 is 6.03 Å². The van der Waals surface area contributed by atoms with Crippen molar-refractivity contribution in [2.75, 3.05) is 6.54 Å². The van der Waals surface area contributed by atoms with Gasteiger partial charge in [-0.2, -0.15) is 0 Å². The third-order valence-corrected chi connectivity index (χ3v) is 5.28. The van der Waals surface area contributed by atoms with E-state index < -0.39 is 12.1 Å². The predicted molar refractivity (Wildman–Crippen MR) is 83.0 cm³/mol. The average molecular weight is 424 g/mol. The molecule has 0 aliphatic carbocycles. The summed E-state index contributed by atoms with van der Waals surface area (Å²) in [4.78, 5) is 36.9. The number of thiophene rings is 1. The van der Waals surface area contributed by atoms with Gasteiger partial charge in [0.25, 0.3) is 5.91 Å². The topological polar surface area (TPSA) is 66.5 Å². The summed E-state index contributed by atoms with van der Waals surface area (Å²) in [6.45, 7) is 1.71. The Kier molecular flexibility index (Phi) is 4.98. The van der Waals surface area contributed by atoms with E-state index in [1.807, 2.05) is 6.92 Å². The number of carbonyl (C=O) groups is 3. The van der Waals surface area contributed by atoms with E-state index in [1.165, 1.54) is 11.3 Å². The van der Waals surface area contributed by atoms with E-state index in [4.69, 9.17) is 0 Å². The molecule has 1 aliphatic rings. The molecule has 0 bridgehead atoms. The Hall–Kier alpha value is -0.730. The van der Waals surface area contributed by atoms with Crippen LogP contribution >= 0.6 is 43.2 Å². The molecule has 0 radical (unpaired) electrons. The van der Waals surface area contributed by atoms with Gasteiger partial charge in [0.1, 0.15) is 6.04 Å². The summed E-state index contributed by atoms with van der Waals surface area (Å²) in [6.07, 6.45) is 1.38. The zero-order valence-electron chi connectivity index (χ0n) is 10.6. The number of ketones is 1. The quantitative estimate of drug-likeness (QED) is 0.584. The number of amides is 3.